The Morgan fingerprint density at radius 1 is 0.909 bits per heavy atom. The van der Waals surface area contributed by atoms with Gasteiger partial charge in [0.25, 0.3) is 0 Å². The van der Waals surface area contributed by atoms with E-state index in [2.05, 4.69) is 48.5 Å². The van der Waals surface area contributed by atoms with E-state index in [1.807, 2.05) is 0 Å². The number of Topliss-reactive ketones (excluding diaryl/α,β-unsaturated/α-hetero) is 1. The van der Waals surface area contributed by atoms with Gasteiger partial charge in [-0.3, -0.25) is 4.79 Å². The van der Waals surface area contributed by atoms with Gasteiger partial charge >= 0.3 is 0 Å². The van der Waals surface area contributed by atoms with E-state index in [4.69, 9.17) is 0 Å². The van der Waals surface area contributed by atoms with Crippen LogP contribution in [0.4, 0.5) is 0 Å². The Kier molecular flexibility index (Phi) is 3.57. The second-order valence-corrected chi connectivity index (χ2v) is 6.83. The lowest BCUT2D eigenvalue weighted by Crippen LogP contribution is -2.16. The molecule has 2 fully saturated rings. The van der Waals surface area contributed by atoms with Crippen LogP contribution in [-0.2, 0) is 4.79 Å². The van der Waals surface area contributed by atoms with Crippen molar-refractivity contribution in [3.05, 3.63) is 53.6 Å². The Bertz CT molecular complexity index is 734. The first-order chi connectivity index (χ1) is 10.8. The molecule has 1 nitrogen and oxygen atoms in total. The van der Waals surface area contributed by atoms with Crippen LogP contribution in [0.25, 0.3) is 16.8 Å². The van der Waals surface area contributed by atoms with Gasteiger partial charge in [0, 0.05) is 5.92 Å². The summed E-state index contributed by atoms with van der Waals surface area (Å²) in [6.45, 7) is 0. The summed E-state index contributed by atoms with van der Waals surface area (Å²) in [6.07, 6.45) is 9.33. The molecule has 2 aliphatic rings. The molecule has 22 heavy (non-hydrogen) atoms. The third-order valence-electron chi connectivity index (χ3n) is 5.46. The number of rotatable bonds is 2. The number of allylic oxidation sites excluding steroid dienone is 1. The van der Waals surface area contributed by atoms with Crippen molar-refractivity contribution in [1.29, 1.82) is 0 Å². The maximum atomic E-state index is 12.7. The molecule has 0 unspecified atom stereocenters. The SMILES string of the molecule is O=C1/C(=C/c2ccc3ccccc3c2)CC[C@H]1C1CCCC1. The third-order valence-corrected chi connectivity index (χ3v) is 5.46. The van der Waals surface area contributed by atoms with Gasteiger partial charge in [0.1, 0.15) is 0 Å². The number of ketones is 1. The Hall–Kier alpha value is -1.89. The van der Waals surface area contributed by atoms with Crippen LogP contribution in [0.3, 0.4) is 0 Å². The zero-order valence-corrected chi connectivity index (χ0v) is 12.9. The van der Waals surface area contributed by atoms with Crippen molar-refractivity contribution in [2.24, 2.45) is 11.8 Å². The first-order valence-corrected chi connectivity index (χ1v) is 8.55. The number of hydrogen-bond donors (Lipinski definition) is 0. The van der Waals surface area contributed by atoms with Crippen LogP contribution in [0.1, 0.15) is 44.1 Å². The quantitative estimate of drug-likeness (QED) is 0.677. The highest BCUT2D eigenvalue weighted by atomic mass is 16.1. The van der Waals surface area contributed by atoms with Crippen molar-refractivity contribution in [3.8, 4) is 0 Å². The van der Waals surface area contributed by atoms with Crippen molar-refractivity contribution in [1.82, 2.24) is 0 Å². The van der Waals surface area contributed by atoms with E-state index in [-0.39, 0.29) is 0 Å². The highest BCUT2D eigenvalue weighted by molar-refractivity contribution is 6.03. The molecule has 0 aliphatic heterocycles. The largest absolute Gasteiger partial charge is 0.294 e. The maximum absolute atomic E-state index is 12.7. The van der Waals surface area contributed by atoms with Crippen molar-refractivity contribution in [2.45, 2.75) is 38.5 Å². The minimum Gasteiger partial charge on any atom is -0.294 e. The average molecular weight is 290 g/mol. The summed E-state index contributed by atoms with van der Waals surface area (Å²) < 4.78 is 0. The van der Waals surface area contributed by atoms with E-state index < -0.39 is 0 Å². The van der Waals surface area contributed by atoms with E-state index in [1.54, 1.807) is 0 Å². The number of benzene rings is 2. The molecule has 1 heteroatoms. The first-order valence-electron chi connectivity index (χ1n) is 8.55. The number of carbonyl (C=O) groups excluding carboxylic acids is 1. The fourth-order valence-corrected chi connectivity index (χ4v) is 4.26. The molecule has 0 N–H and O–H groups in total. The Morgan fingerprint density at radius 2 is 1.68 bits per heavy atom. The average Bonchev–Trinajstić information content (AvgIpc) is 3.18. The summed E-state index contributed by atoms with van der Waals surface area (Å²) in [5.41, 5.74) is 2.21. The highest BCUT2D eigenvalue weighted by Gasteiger charge is 2.36. The van der Waals surface area contributed by atoms with Crippen LogP contribution in [0.15, 0.2) is 48.0 Å². The lowest BCUT2D eigenvalue weighted by atomic mass is 9.88. The molecule has 0 amide bonds. The highest BCUT2D eigenvalue weighted by Crippen LogP contribution is 2.40. The summed E-state index contributed by atoms with van der Waals surface area (Å²) in [4.78, 5) is 12.7. The Labute approximate surface area is 132 Å². The van der Waals surface area contributed by atoms with Crippen LogP contribution in [0.2, 0.25) is 0 Å². The summed E-state index contributed by atoms with van der Waals surface area (Å²) in [5, 5.41) is 2.50. The predicted molar refractivity (Wildman–Crippen MR) is 91.6 cm³/mol. The molecular formula is C21H22O. The van der Waals surface area contributed by atoms with Gasteiger partial charge in [-0.25, -0.2) is 0 Å². The van der Waals surface area contributed by atoms with Crippen molar-refractivity contribution in [2.75, 3.05) is 0 Å². The van der Waals surface area contributed by atoms with Gasteiger partial charge in [0.15, 0.2) is 5.78 Å². The van der Waals surface area contributed by atoms with Gasteiger partial charge in [-0.1, -0.05) is 49.2 Å². The van der Waals surface area contributed by atoms with Crippen LogP contribution < -0.4 is 0 Å². The smallest absolute Gasteiger partial charge is 0.162 e. The van der Waals surface area contributed by atoms with Gasteiger partial charge in [0.2, 0.25) is 0 Å². The number of fused-ring (bicyclic) bond motifs is 1. The van der Waals surface area contributed by atoms with Crippen LogP contribution >= 0.6 is 0 Å². The first kappa shape index (κ1) is 13.8. The van der Waals surface area contributed by atoms with Crippen LogP contribution in [0, 0.1) is 11.8 Å². The van der Waals surface area contributed by atoms with Gasteiger partial charge in [-0.15, -0.1) is 0 Å². The van der Waals surface area contributed by atoms with Gasteiger partial charge in [-0.2, -0.15) is 0 Å². The van der Waals surface area contributed by atoms with E-state index in [0.717, 1.165) is 24.0 Å². The molecule has 0 heterocycles. The molecule has 4 rings (SSSR count). The van der Waals surface area contributed by atoms with Gasteiger partial charge in [-0.05, 0) is 65.7 Å². The normalized spacial score (nSPS) is 24.6. The molecule has 0 bridgehead atoms. The molecule has 2 saturated carbocycles. The van der Waals surface area contributed by atoms with E-state index in [0.29, 0.717) is 17.6 Å². The Balaban J connectivity index is 1.60. The van der Waals surface area contributed by atoms with E-state index >= 15 is 0 Å². The minimum atomic E-state index is 0.314. The van der Waals surface area contributed by atoms with Crippen molar-refractivity contribution < 1.29 is 4.79 Å². The maximum Gasteiger partial charge on any atom is 0.162 e. The lowest BCUT2D eigenvalue weighted by molar-refractivity contribution is -0.119. The fourth-order valence-electron chi connectivity index (χ4n) is 4.26. The van der Waals surface area contributed by atoms with Crippen molar-refractivity contribution in [3.63, 3.8) is 0 Å². The molecular weight excluding hydrogens is 268 g/mol. The monoisotopic (exact) mass is 290 g/mol. The minimum absolute atomic E-state index is 0.314. The molecule has 0 aromatic heterocycles. The summed E-state index contributed by atoms with van der Waals surface area (Å²) in [6, 6.07) is 14.9. The number of hydrogen-bond acceptors (Lipinski definition) is 1. The standard InChI is InChI=1S/C21H22O/c22-21-19(11-12-20(21)17-6-2-3-7-17)14-15-9-10-16-5-1-4-8-18(16)13-15/h1,4-5,8-10,13-14,17,20H,2-3,6-7,11-12H2/b19-14+/t20-/m0/s1. The summed E-state index contributed by atoms with van der Waals surface area (Å²) in [7, 11) is 0. The third kappa shape index (κ3) is 2.49. The molecule has 2 aliphatic carbocycles. The van der Waals surface area contributed by atoms with E-state index in [9.17, 15) is 4.79 Å². The Morgan fingerprint density at radius 3 is 2.50 bits per heavy atom. The number of carbonyl (C=O) groups is 1. The molecule has 1 atom stereocenters. The second kappa shape index (κ2) is 5.72. The van der Waals surface area contributed by atoms with E-state index in [1.165, 1.54) is 36.5 Å². The zero-order chi connectivity index (χ0) is 14.9. The van der Waals surface area contributed by atoms with Gasteiger partial charge in [0.05, 0.1) is 0 Å². The van der Waals surface area contributed by atoms with Crippen LogP contribution in [-0.4, -0.2) is 5.78 Å². The molecule has 112 valence electrons. The molecule has 2 aromatic carbocycles. The van der Waals surface area contributed by atoms with Crippen LogP contribution in [0.5, 0.6) is 0 Å². The lowest BCUT2D eigenvalue weighted by Gasteiger charge is -2.15. The summed E-state index contributed by atoms with van der Waals surface area (Å²) >= 11 is 0. The second-order valence-electron chi connectivity index (χ2n) is 6.83. The molecule has 0 radical (unpaired) electrons. The van der Waals surface area contributed by atoms with Gasteiger partial charge < -0.3 is 0 Å². The zero-order valence-electron chi connectivity index (χ0n) is 12.9. The molecule has 0 spiro atoms. The topological polar surface area (TPSA) is 17.1 Å². The van der Waals surface area contributed by atoms with Crippen molar-refractivity contribution >= 4 is 22.6 Å². The predicted octanol–water partition coefficient (Wildman–Crippen LogP) is 5.39. The molecule has 0 saturated heterocycles. The molecule has 2 aromatic rings. The fraction of sp³-hybridized carbons (Fsp3) is 0.381. The summed E-state index contributed by atoms with van der Waals surface area (Å²) in [5.74, 6) is 1.41.